The molecule has 12 nitrogen and oxygen atoms in total. The normalized spacial score (nSPS) is 11.4. The maximum atomic E-state index is 12.9. The molecule has 0 fully saturated rings. The van der Waals surface area contributed by atoms with Crippen LogP contribution in [0.3, 0.4) is 0 Å². The van der Waals surface area contributed by atoms with Gasteiger partial charge in [-0.25, -0.2) is 17.9 Å². The van der Waals surface area contributed by atoms with E-state index in [1.807, 2.05) is 44.2 Å². The van der Waals surface area contributed by atoms with Crippen molar-refractivity contribution in [2.24, 2.45) is 5.10 Å². The van der Waals surface area contributed by atoms with Crippen molar-refractivity contribution in [3.8, 4) is 5.69 Å². The van der Waals surface area contributed by atoms with Crippen LogP contribution in [0.1, 0.15) is 27.3 Å². The zero-order valence-corrected chi connectivity index (χ0v) is 21.0. The number of benzene rings is 3. The number of sulfonamides is 1. The molecule has 0 radical (unpaired) electrons. The number of nitro groups is 1. The molecule has 0 bridgehead atoms. The van der Waals surface area contributed by atoms with Gasteiger partial charge >= 0.3 is 5.97 Å². The molecule has 38 heavy (non-hydrogen) atoms. The molecular formula is C25H22N6O6S. The van der Waals surface area contributed by atoms with Crippen molar-refractivity contribution in [3.63, 3.8) is 0 Å². The largest absolute Gasteiger partial charge is 0.478 e. The van der Waals surface area contributed by atoms with Gasteiger partial charge in [0, 0.05) is 11.6 Å². The predicted molar refractivity (Wildman–Crippen MR) is 142 cm³/mol. The second-order valence-corrected chi connectivity index (χ2v) is 9.78. The monoisotopic (exact) mass is 534 g/mol. The maximum absolute atomic E-state index is 12.9. The van der Waals surface area contributed by atoms with Gasteiger partial charge in [-0.3, -0.25) is 20.3 Å². The fourth-order valence-corrected chi connectivity index (χ4v) is 4.81. The molecule has 4 aromatic rings. The van der Waals surface area contributed by atoms with Gasteiger partial charge in [-0.1, -0.05) is 30.3 Å². The first-order valence-electron chi connectivity index (χ1n) is 11.1. The van der Waals surface area contributed by atoms with Crippen molar-refractivity contribution in [2.45, 2.75) is 18.7 Å². The lowest BCUT2D eigenvalue weighted by Crippen LogP contribution is -2.16. The summed E-state index contributed by atoms with van der Waals surface area (Å²) in [5.41, 5.74) is 4.67. The number of hydrogen-bond donors (Lipinski definition) is 3. The number of aryl methyl sites for hydroxylation is 1. The van der Waals surface area contributed by atoms with Gasteiger partial charge in [-0.15, -0.1) is 0 Å². The van der Waals surface area contributed by atoms with Crippen LogP contribution in [-0.2, 0) is 10.0 Å². The summed E-state index contributed by atoms with van der Waals surface area (Å²) in [6.07, 6.45) is 1.48. The number of nitrogens with one attached hydrogen (secondary N) is 2. The molecule has 4 rings (SSSR count). The van der Waals surface area contributed by atoms with Gasteiger partial charge in [0.05, 0.1) is 44.4 Å². The number of rotatable bonds is 9. The second kappa shape index (κ2) is 10.5. The Morgan fingerprint density at radius 1 is 1.05 bits per heavy atom. The molecule has 0 unspecified atom stereocenters. The number of carboxylic acid groups (broad SMARTS) is 1. The van der Waals surface area contributed by atoms with Gasteiger partial charge in [0.2, 0.25) is 0 Å². The van der Waals surface area contributed by atoms with Gasteiger partial charge in [-0.2, -0.15) is 10.2 Å². The van der Waals surface area contributed by atoms with E-state index >= 15 is 0 Å². The van der Waals surface area contributed by atoms with E-state index in [4.69, 9.17) is 0 Å². The number of aromatic nitrogens is 2. The summed E-state index contributed by atoms with van der Waals surface area (Å²) in [5.74, 6) is -1.33. The standard InChI is InChI=1S/C25H22N6O6S/c1-16-21(17(2)30(28-16)18-8-4-3-5-9-18)15-26-27-23-13-12-19(14-24(23)31(34)35)38(36,37)29-22-11-7-6-10-20(22)25(32)33/h3-15,27,29H,1-2H3,(H,32,33). The lowest BCUT2D eigenvalue weighted by atomic mass is 10.2. The third kappa shape index (κ3) is 5.37. The average Bonchev–Trinajstić information content (AvgIpc) is 3.17. The fourth-order valence-electron chi connectivity index (χ4n) is 3.72. The molecule has 194 valence electrons. The Bertz CT molecular complexity index is 1670. The van der Waals surface area contributed by atoms with Crippen LogP contribution in [-0.4, -0.2) is 40.4 Å². The van der Waals surface area contributed by atoms with Crippen molar-refractivity contribution < 1.29 is 23.2 Å². The number of carboxylic acids is 1. The number of anilines is 2. The van der Waals surface area contributed by atoms with Gasteiger partial charge in [0.15, 0.2) is 0 Å². The predicted octanol–water partition coefficient (Wildman–Crippen LogP) is 4.34. The van der Waals surface area contributed by atoms with Crippen molar-refractivity contribution in [1.82, 2.24) is 9.78 Å². The fraction of sp³-hybridized carbons (Fsp3) is 0.0800. The van der Waals surface area contributed by atoms with E-state index in [1.54, 1.807) is 4.68 Å². The number of nitro benzene ring substituents is 1. The molecule has 0 atom stereocenters. The minimum Gasteiger partial charge on any atom is -0.478 e. The van der Waals surface area contributed by atoms with E-state index < -0.39 is 31.5 Å². The van der Waals surface area contributed by atoms with Crippen LogP contribution in [0.25, 0.3) is 5.69 Å². The number of hydrazone groups is 1. The second-order valence-electron chi connectivity index (χ2n) is 8.09. The summed E-state index contributed by atoms with van der Waals surface area (Å²) in [6.45, 7) is 3.68. The Kier molecular flexibility index (Phi) is 7.21. The Morgan fingerprint density at radius 2 is 1.74 bits per heavy atom. The zero-order chi connectivity index (χ0) is 27.4. The molecule has 0 saturated carbocycles. The minimum atomic E-state index is -4.34. The van der Waals surface area contributed by atoms with E-state index in [0.717, 1.165) is 23.5 Å². The van der Waals surface area contributed by atoms with Crippen molar-refractivity contribution >= 4 is 39.3 Å². The van der Waals surface area contributed by atoms with Gasteiger partial charge in [0.1, 0.15) is 5.69 Å². The van der Waals surface area contributed by atoms with Crippen LogP contribution in [0.2, 0.25) is 0 Å². The van der Waals surface area contributed by atoms with E-state index in [2.05, 4.69) is 20.3 Å². The first-order valence-corrected chi connectivity index (χ1v) is 12.6. The molecule has 0 saturated heterocycles. The summed E-state index contributed by atoms with van der Waals surface area (Å²) in [7, 11) is -4.34. The molecule has 0 amide bonds. The number of aromatic carboxylic acids is 1. The van der Waals surface area contributed by atoms with Crippen LogP contribution in [0.4, 0.5) is 17.1 Å². The number of hydrogen-bond acceptors (Lipinski definition) is 8. The third-order valence-corrected chi connectivity index (χ3v) is 6.97. The molecule has 0 aliphatic heterocycles. The van der Waals surface area contributed by atoms with Crippen molar-refractivity contribution in [3.05, 3.63) is 105 Å². The Morgan fingerprint density at radius 3 is 2.42 bits per heavy atom. The molecule has 3 N–H and O–H groups in total. The van der Waals surface area contributed by atoms with Crippen LogP contribution >= 0.6 is 0 Å². The minimum absolute atomic E-state index is 0.0399. The summed E-state index contributed by atoms with van der Waals surface area (Å²) in [4.78, 5) is 21.9. The van der Waals surface area contributed by atoms with Crippen LogP contribution in [0.15, 0.2) is 82.8 Å². The molecule has 0 aliphatic rings. The molecule has 0 aliphatic carbocycles. The van der Waals surface area contributed by atoms with E-state index in [0.29, 0.717) is 11.3 Å². The molecule has 3 aromatic carbocycles. The van der Waals surface area contributed by atoms with E-state index in [1.165, 1.54) is 36.5 Å². The first kappa shape index (κ1) is 26.0. The van der Waals surface area contributed by atoms with Gasteiger partial charge in [0.25, 0.3) is 15.7 Å². The summed E-state index contributed by atoms with van der Waals surface area (Å²) in [6, 6.07) is 18.2. The smallest absolute Gasteiger partial charge is 0.337 e. The topological polar surface area (TPSA) is 169 Å². The number of nitrogens with zero attached hydrogens (tertiary/aromatic N) is 4. The van der Waals surface area contributed by atoms with Crippen molar-refractivity contribution in [2.75, 3.05) is 10.1 Å². The summed E-state index contributed by atoms with van der Waals surface area (Å²) >= 11 is 0. The third-order valence-electron chi connectivity index (χ3n) is 5.60. The van der Waals surface area contributed by atoms with E-state index in [9.17, 15) is 28.4 Å². The first-order chi connectivity index (χ1) is 18.1. The zero-order valence-electron chi connectivity index (χ0n) is 20.2. The highest BCUT2D eigenvalue weighted by Crippen LogP contribution is 2.29. The average molecular weight is 535 g/mol. The lowest BCUT2D eigenvalue weighted by molar-refractivity contribution is -0.384. The Hall–Kier alpha value is -5.04. The quantitative estimate of drug-likeness (QED) is 0.162. The van der Waals surface area contributed by atoms with Gasteiger partial charge in [-0.05, 0) is 50.2 Å². The highest BCUT2D eigenvalue weighted by atomic mass is 32.2. The highest BCUT2D eigenvalue weighted by molar-refractivity contribution is 7.92. The molecule has 0 spiro atoms. The Balaban J connectivity index is 1.59. The SMILES string of the molecule is Cc1nn(-c2ccccc2)c(C)c1C=NNc1ccc(S(=O)(=O)Nc2ccccc2C(=O)O)cc1[N+](=O)[O-]. The van der Waals surface area contributed by atoms with Crippen LogP contribution in [0, 0.1) is 24.0 Å². The molecule has 1 aromatic heterocycles. The summed E-state index contributed by atoms with van der Waals surface area (Å²) in [5, 5.41) is 29.6. The molecule has 1 heterocycles. The molecular weight excluding hydrogens is 512 g/mol. The number of para-hydroxylation sites is 2. The maximum Gasteiger partial charge on any atom is 0.337 e. The number of carbonyl (C=O) groups is 1. The van der Waals surface area contributed by atoms with Gasteiger partial charge < -0.3 is 5.11 Å². The van der Waals surface area contributed by atoms with E-state index in [-0.39, 0.29) is 16.9 Å². The van der Waals surface area contributed by atoms with Crippen LogP contribution < -0.4 is 10.1 Å². The highest BCUT2D eigenvalue weighted by Gasteiger charge is 2.23. The van der Waals surface area contributed by atoms with Crippen LogP contribution in [0.5, 0.6) is 0 Å². The van der Waals surface area contributed by atoms with Crippen molar-refractivity contribution in [1.29, 1.82) is 0 Å². The lowest BCUT2D eigenvalue weighted by Gasteiger charge is -2.11. The summed E-state index contributed by atoms with van der Waals surface area (Å²) < 4.78 is 29.7. The Labute approximate surface area is 217 Å². The molecule has 13 heteroatoms.